The predicted molar refractivity (Wildman–Crippen MR) is 69.1 cm³/mol. The normalized spacial score (nSPS) is 22.9. The SMILES string of the molecule is COC[C@H]1CCC[C@H]1NC(=O)Cc1cccnc1. The Balaban J connectivity index is 1.84. The predicted octanol–water partition coefficient (Wildman–Crippen LogP) is 1.56. The van der Waals surface area contributed by atoms with Gasteiger partial charge in [-0.15, -0.1) is 0 Å². The Hall–Kier alpha value is -1.42. The van der Waals surface area contributed by atoms with Crippen molar-refractivity contribution in [1.82, 2.24) is 10.3 Å². The molecule has 0 bridgehead atoms. The highest BCUT2D eigenvalue weighted by atomic mass is 16.5. The highest BCUT2D eigenvalue weighted by Crippen LogP contribution is 2.25. The van der Waals surface area contributed by atoms with Gasteiger partial charge in [0.05, 0.1) is 13.0 Å². The van der Waals surface area contributed by atoms with E-state index in [1.54, 1.807) is 19.5 Å². The van der Waals surface area contributed by atoms with Crippen LogP contribution in [-0.4, -0.2) is 30.6 Å². The van der Waals surface area contributed by atoms with Gasteiger partial charge in [0.2, 0.25) is 5.91 Å². The zero-order valence-electron chi connectivity index (χ0n) is 10.8. The number of hydrogen-bond donors (Lipinski definition) is 1. The van der Waals surface area contributed by atoms with Crippen molar-refractivity contribution in [3.63, 3.8) is 0 Å². The summed E-state index contributed by atoms with van der Waals surface area (Å²) < 4.78 is 5.19. The Bertz CT molecular complexity index is 381. The summed E-state index contributed by atoms with van der Waals surface area (Å²) in [6.07, 6.45) is 7.24. The van der Waals surface area contributed by atoms with E-state index < -0.39 is 0 Å². The van der Waals surface area contributed by atoms with Gasteiger partial charge in [0.1, 0.15) is 0 Å². The molecule has 98 valence electrons. The lowest BCUT2D eigenvalue weighted by Crippen LogP contribution is -2.39. The minimum atomic E-state index is 0.0796. The van der Waals surface area contributed by atoms with Crippen LogP contribution in [0.4, 0.5) is 0 Å². The number of methoxy groups -OCH3 is 1. The largest absolute Gasteiger partial charge is 0.384 e. The van der Waals surface area contributed by atoms with Crippen LogP contribution in [0.15, 0.2) is 24.5 Å². The summed E-state index contributed by atoms with van der Waals surface area (Å²) in [6, 6.07) is 4.05. The van der Waals surface area contributed by atoms with Gasteiger partial charge >= 0.3 is 0 Å². The fourth-order valence-corrected chi connectivity index (χ4v) is 2.59. The van der Waals surface area contributed by atoms with E-state index in [-0.39, 0.29) is 11.9 Å². The van der Waals surface area contributed by atoms with Gasteiger partial charge in [-0.2, -0.15) is 0 Å². The molecule has 1 aromatic rings. The third-order valence-corrected chi connectivity index (χ3v) is 3.47. The van der Waals surface area contributed by atoms with Crippen molar-refractivity contribution in [2.24, 2.45) is 5.92 Å². The lowest BCUT2D eigenvalue weighted by atomic mass is 10.0. The molecule has 2 rings (SSSR count). The minimum absolute atomic E-state index is 0.0796. The van der Waals surface area contributed by atoms with E-state index in [0.29, 0.717) is 12.3 Å². The molecule has 0 radical (unpaired) electrons. The van der Waals surface area contributed by atoms with Gasteiger partial charge in [-0.3, -0.25) is 9.78 Å². The number of amides is 1. The topological polar surface area (TPSA) is 51.2 Å². The number of hydrogen-bond acceptors (Lipinski definition) is 3. The van der Waals surface area contributed by atoms with Crippen LogP contribution in [0, 0.1) is 5.92 Å². The van der Waals surface area contributed by atoms with Crippen LogP contribution in [-0.2, 0) is 16.0 Å². The highest BCUT2D eigenvalue weighted by molar-refractivity contribution is 5.78. The molecular weight excluding hydrogens is 228 g/mol. The molecule has 2 atom stereocenters. The summed E-state index contributed by atoms with van der Waals surface area (Å²) in [5.41, 5.74) is 0.955. The summed E-state index contributed by atoms with van der Waals surface area (Å²) >= 11 is 0. The summed E-state index contributed by atoms with van der Waals surface area (Å²) in [5, 5.41) is 3.12. The smallest absolute Gasteiger partial charge is 0.224 e. The molecule has 1 heterocycles. The second kappa shape index (κ2) is 6.50. The van der Waals surface area contributed by atoms with Crippen molar-refractivity contribution in [3.05, 3.63) is 30.1 Å². The molecule has 4 heteroatoms. The van der Waals surface area contributed by atoms with E-state index in [1.807, 2.05) is 12.1 Å². The van der Waals surface area contributed by atoms with Gasteiger partial charge in [0.25, 0.3) is 0 Å². The number of aromatic nitrogens is 1. The average Bonchev–Trinajstić information content (AvgIpc) is 2.78. The summed E-state index contributed by atoms with van der Waals surface area (Å²) in [7, 11) is 1.72. The molecule has 0 unspecified atom stereocenters. The van der Waals surface area contributed by atoms with Crippen molar-refractivity contribution in [1.29, 1.82) is 0 Å². The first-order chi connectivity index (χ1) is 8.79. The molecular formula is C14H20N2O2. The van der Waals surface area contributed by atoms with E-state index >= 15 is 0 Å². The third kappa shape index (κ3) is 3.53. The van der Waals surface area contributed by atoms with Crippen molar-refractivity contribution >= 4 is 5.91 Å². The van der Waals surface area contributed by atoms with E-state index in [2.05, 4.69) is 10.3 Å². The minimum Gasteiger partial charge on any atom is -0.384 e. The van der Waals surface area contributed by atoms with Gasteiger partial charge < -0.3 is 10.1 Å². The lowest BCUT2D eigenvalue weighted by molar-refractivity contribution is -0.121. The van der Waals surface area contributed by atoms with Crippen LogP contribution in [0.3, 0.4) is 0 Å². The van der Waals surface area contributed by atoms with Crippen LogP contribution in [0.5, 0.6) is 0 Å². The van der Waals surface area contributed by atoms with E-state index in [1.165, 1.54) is 6.42 Å². The second-order valence-corrected chi connectivity index (χ2v) is 4.86. The molecule has 18 heavy (non-hydrogen) atoms. The maximum absolute atomic E-state index is 11.9. The number of rotatable bonds is 5. The number of nitrogens with one attached hydrogen (secondary N) is 1. The second-order valence-electron chi connectivity index (χ2n) is 4.86. The van der Waals surface area contributed by atoms with Crippen LogP contribution >= 0.6 is 0 Å². The van der Waals surface area contributed by atoms with Crippen molar-refractivity contribution < 1.29 is 9.53 Å². The lowest BCUT2D eigenvalue weighted by Gasteiger charge is -2.20. The Morgan fingerprint density at radius 3 is 3.17 bits per heavy atom. The van der Waals surface area contributed by atoms with Gasteiger partial charge in [-0.25, -0.2) is 0 Å². The van der Waals surface area contributed by atoms with Gasteiger partial charge in [-0.1, -0.05) is 12.5 Å². The molecule has 1 N–H and O–H groups in total. The number of pyridine rings is 1. The van der Waals surface area contributed by atoms with Gasteiger partial charge in [0, 0.05) is 31.5 Å². The monoisotopic (exact) mass is 248 g/mol. The molecule has 0 spiro atoms. The number of ether oxygens (including phenoxy) is 1. The first-order valence-electron chi connectivity index (χ1n) is 6.47. The molecule has 4 nitrogen and oxygen atoms in total. The first-order valence-corrected chi connectivity index (χ1v) is 6.47. The summed E-state index contributed by atoms with van der Waals surface area (Å²) in [5.74, 6) is 0.545. The van der Waals surface area contributed by atoms with Crippen LogP contribution in [0.25, 0.3) is 0 Å². The number of carbonyl (C=O) groups excluding carboxylic acids is 1. The molecule has 1 aliphatic carbocycles. The Labute approximate surface area is 108 Å². The molecule has 1 aliphatic rings. The number of nitrogens with zero attached hydrogens (tertiary/aromatic N) is 1. The highest BCUT2D eigenvalue weighted by Gasteiger charge is 2.28. The molecule has 0 aliphatic heterocycles. The van der Waals surface area contributed by atoms with Crippen LogP contribution in [0.1, 0.15) is 24.8 Å². The first kappa shape index (κ1) is 13.0. The van der Waals surface area contributed by atoms with Crippen molar-refractivity contribution in [2.45, 2.75) is 31.7 Å². The number of carbonyl (C=O) groups is 1. The zero-order chi connectivity index (χ0) is 12.8. The maximum Gasteiger partial charge on any atom is 0.224 e. The molecule has 0 saturated heterocycles. The van der Waals surface area contributed by atoms with Gasteiger partial charge in [0.15, 0.2) is 0 Å². The van der Waals surface area contributed by atoms with Crippen LogP contribution < -0.4 is 5.32 Å². The zero-order valence-corrected chi connectivity index (χ0v) is 10.8. The quantitative estimate of drug-likeness (QED) is 0.860. The fraction of sp³-hybridized carbons (Fsp3) is 0.571. The maximum atomic E-state index is 11.9. The van der Waals surface area contributed by atoms with E-state index in [0.717, 1.165) is 25.0 Å². The standard InChI is InChI=1S/C14H20N2O2/c1-18-10-12-5-2-6-13(12)16-14(17)8-11-4-3-7-15-9-11/h3-4,7,9,12-13H,2,5-6,8,10H2,1H3,(H,16,17)/t12-,13-/m1/s1. The molecule has 1 fully saturated rings. The summed E-state index contributed by atoms with van der Waals surface area (Å²) in [6.45, 7) is 0.734. The molecule has 1 saturated carbocycles. The van der Waals surface area contributed by atoms with E-state index in [4.69, 9.17) is 4.74 Å². The Morgan fingerprint density at radius 2 is 2.44 bits per heavy atom. The third-order valence-electron chi connectivity index (χ3n) is 3.47. The molecule has 1 amide bonds. The summed E-state index contributed by atoms with van der Waals surface area (Å²) in [4.78, 5) is 16.0. The van der Waals surface area contributed by atoms with E-state index in [9.17, 15) is 4.79 Å². The Morgan fingerprint density at radius 1 is 1.56 bits per heavy atom. The van der Waals surface area contributed by atoms with Crippen LogP contribution in [0.2, 0.25) is 0 Å². The average molecular weight is 248 g/mol. The van der Waals surface area contributed by atoms with Gasteiger partial charge in [-0.05, 0) is 24.5 Å². The molecule has 1 aromatic heterocycles. The Kier molecular flexibility index (Phi) is 4.70. The van der Waals surface area contributed by atoms with Crippen molar-refractivity contribution in [3.8, 4) is 0 Å². The fourth-order valence-electron chi connectivity index (χ4n) is 2.59. The van der Waals surface area contributed by atoms with Crippen molar-refractivity contribution in [2.75, 3.05) is 13.7 Å². The molecule has 0 aromatic carbocycles.